The number of carbonyl (C=O) groups is 1. The monoisotopic (exact) mass is 763 g/mol. The standard InChI is InChI=1S/C41H46FN9O5/c1-23-33(42)14-34-32(17-45-48-34)36(23)37-30(25-3-4-25)13-31-38(39(37)55-21-24-2-5-26(43-15-24)18-50-9-8-49(22-52)20-35(50)53)46-41(56-29-6-10-54-11-7-29)47-40(31)51-19-27-12-28(51)16-44-27/h2,5,13-15,17,25,27-29,44,52H,3-4,6-12,16,18-22H2,1H3,(H,45,48)/t27-,28-/m0/s1. The van der Waals surface area contributed by atoms with Crippen molar-refractivity contribution >= 4 is 33.5 Å². The van der Waals surface area contributed by atoms with Crippen molar-refractivity contribution in [1.82, 2.24) is 40.3 Å². The number of benzene rings is 2. The molecule has 4 saturated heterocycles. The number of hydrogen-bond donors (Lipinski definition) is 3. The van der Waals surface area contributed by atoms with Crippen molar-refractivity contribution in [2.24, 2.45) is 0 Å². The van der Waals surface area contributed by atoms with Gasteiger partial charge < -0.3 is 34.4 Å². The van der Waals surface area contributed by atoms with Gasteiger partial charge >= 0.3 is 6.01 Å². The predicted molar refractivity (Wildman–Crippen MR) is 206 cm³/mol. The first-order chi connectivity index (χ1) is 27.4. The van der Waals surface area contributed by atoms with E-state index < -0.39 is 0 Å². The van der Waals surface area contributed by atoms with Crippen molar-refractivity contribution in [1.29, 1.82) is 0 Å². The zero-order valence-electron chi connectivity index (χ0n) is 31.5. The maximum Gasteiger partial charge on any atom is 0.319 e. The summed E-state index contributed by atoms with van der Waals surface area (Å²) in [5.74, 6) is 1.31. The summed E-state index contributed by atoms with van der Waals surface area (Å²) in [5, 5.41) is 22.1. The molecule has 1 saturated carbocycles. The second kappa shape index (κ2) is 14.5. The average molecular weight is 764 g/mol. The summed E-state index contributed by atoms with van der Waals surface area (Å²) in [6.45, 7) is 6.56. The Morgan fingerprint density at radius 3 is 2.66 bits per heavy atom. The minimum absolute atomic E-state index is 0.0339. The van der Waals surface area contributed by atoms with E-state index in [1.165, 1.54) is 6.07 Å². The van der Waals surface area contributed by atoms with Gasteiger partial charge in [0.25, 0.3) is 0 Å². The maximum absolute atomic E-state index is 15.9. The predicted octanol–water partition coefficient (Wildman–Crippen LogP) is 4.17. The van der Waals surface area contributed by atoms with Crippen LogP contribution >= 0.6 is 0 Å². The summed E-state index contributed by atoms with van der Waals surface area (Å²) >= 11 is 0. The van der Waals surface area contributed by atoms with Gasteiger partial charge in [-0.05, 0) is 61.4 Å². The van der Waals surface area contributed by atoms with E-state index in [9.17, 15) is 9.90 Å². The molecule has 3 N–H and O–H groups in total. The molecule has 3 aromatic heterocycles. The number of nitrogens with zero attached hydrogens (tertiary/aromatic N) is 7. The summed E-state index contributed by atoms with van der Waals surface area (Å²) < 4.78 is 35.1. The number of carbonyl (C=O) groups excluding carboxylic acids is 1. The number of pyridine rings is 1. The highest BCUT2D eigenvalue weighted by Gasteiger charge is 2.41. The van der Waals surface area contributed by atoms with Gasteiger partial charge in [-0.2, -0.15) is 15.1 Å². The number of anilines is 1. The molecule has 1 amide bonds. The molecule has 5 fully saturated rings. The van der Waals surface area contributed by atoms with Crippen molar-refractivity contribution in [2.45, 2.75) is 76.3 Å². The molecular weight excluding hydrogens is 718 g/mol. The second-order valence-corrected chi connectivity index (χ2v) is 15.9. The summed E-state index contributed by atoms with van der Waals surface area (Å²) in [5.41, 5.74) is 6.00. The van der Waals surface area contributed by atoms with Gasteiger partial charge in [0.1, 0.15) is 29.9 Å². The lowest BCUT2D eigenvalue weighted by Crippen LogP contribution is -2.50. The van der Waals surface area contributed by atoms with Gasteiger partial charge in [-0.1, -0.05) is 6.07 Å². The Labute approximate surface area is 323 Å². The highest BCUT2D eigenvalue weighted by atomic mass is 19.1. The van der Waals surface area contributed by atoms with Crippen LogP contribution in [-0.2, 0) is 22.7 Å². The molecule has 4 aliphatic heterocycles. The molecule has 5 aliphatic rings. The first kappa shape index (κ1) is 35.5. The van der Waals surface area contributed by atoms with Gasteiger partial charge in [0.15, 0.2) is 5.75 Å². The zero-order chi connectivity index (χ0) is 37.9. The molecule has 0 radical (unpaired) electrons. The van der Waals surface area contributed by atoms with Crippen LogP contribution in [0.25, 0.3) is 32.9 Å². The quantitative estimate of drug-likeness (QED) is 0.177. The fourth-order valence-electron chi connectivity index (χ4n) is 8.88. The van der Waals surface area contributed by atoms with E-state index in [0.29, 0.717) is 73.3 Å². The lowest BCUT2D eigenvalue weighted by molar-refractivity contribution is -0.138. The highest BCUT2D eigenvalue weighted by molar-refractivity contribution is 6.06. The van der Waals surface area contributed by atoms with Gasteiger partial charge in [-0.15, -0.1) is 0 Å². The summed E-state index contributed by atoms with van der Waals surface area (Å²) in [7, 11) is 0. The van der Waals surface area contributed by atoms with E-state index in [4.69, 9.17) is 29.2 Å². The number of ether oxygens (including phenoxy) is 3. The van der Waals surface area contributed by atoms with Crippen LogP contribution in [0, 0.1) is 12.7 Å². The number of rotatable bonds is 11. The number of nitrogens with one attached hydrogen (secondary N) is 2. The van der Waals surface area contributed by atoms with Crippen LogP contribution in [0.15, 0.2) is 36.7 Å². The summed E-state index contributed by atoms with van der Waals surface area (Å²) in [6, 6.07) is 8.63. The normalized spacial score (nSPS) is 21.9. The first-order valence-corrected chi connectivity index (χ1v) is 19.8. The van der Waals surface area contributed by atoms with Crippen molar-refractivity contribution in [3.8, 4) is 22.9 Å². The Bertz CT molecular complexity index is 2290. The van der Waals surface area contributed by atoms with E-state index in [2.05, 4.69) is 26.5 Å². The number of halogens is 1. The molecule has 15 heteroatoms. The largest absolute Gasteiger partial charge is 0.486 e. The van der Waals surface area contributed by atoms with E-state index in [0.717, 1.165) is 89.7 Å². The number of aromatic nitrogens is 5. The minimum atomic E-state index is -0.326. The van der Waals surface area contributed by atoms with Gasteiger partial charge in [0.05, 0.1) is 50.4 Å². The molecule has 2 bridgehead atoms. The van der Waals surface area contributed by atoms with Gasteiger partial charge in [0, 0.05) is 84.8 Å². The highest BCUT2D eigenvalue weighted by Crippen LogP contribution is 2.53. The average Bonchev–Trinajstić information content (AvgIpc) is 3.57. The molecule has 1 aliphatic carbocycles. The lowest BCUT2D eigenvalue weighted by Gasteiger charge is -2.32. The molecule has 10 rings (SSSR count). The lowest BCUT2D eigenvalue weighted by atomic mass is 9.88. The van der Waals surface area contributed by atoms with Crippen LogP contribution in [0.3, 0.4) is 0 Å². The zero-order valence-corrected chi connectivity index (χ0v) is 31.5. The fourth-order valence-corrected chi connectivity index (χ4v) is 8.88. The van der Waals surface area contributed by atoms with Crippen LogP contribution in [-0.4, -0.2) is 117 Å². The molecule has 56 heavy (non-hydrogen) atoms. The van der Waals surface area contributed by atoms with Crippen LogP contribution in [0.4, 0.5) is 10.2 Å². The van der Waals surface area contributed by atoms with Crippen molar-refractivity contribution in [3.63, 3.8) is 0 Å². The number of hydrogen-bond acceptors (Lipinski definition) is 12. The summed E-state index contributed by atoms with van der Waals surface area (Å²) in [4.78, 5) is 33.6. The molecule has 292 valence electrons. The summed E-state index contributed by atoms with van der Waals surface area (Å²) in [6.07, 6.45) is 8.06. The van der Waals surface area contributed by atoms with E-state index in [1.807, 2.05) is 19.1 Å². The number of fused-ring (bicyclic) bond motifs is 4. The smallest absolute Gasteiger partial charge is 0.319 e. The molecule has 0 spiro atoms. The fraction of sp³-hybridized carbons (Fsp3) is 0.488. The van der Waals surface area contributed by atoms with Crippen LogP contribution in [0.1, 0.15) is 60.4 Å². The van der Waals surface area contributed by atoms with Crippen molar-refractivity contribution in [3.05, 3.63) is 64.9 Å². The first-order valence-electron chi connectivity index (χ1n) is 19.8. The number of piperazine rings is 2. The molecule has 7 heterocycles. The molecule has 0 unspecified atom stereocenters. The number of aliphatic hydroxyl groups is 1. The Balaban J connectivity index is 1.09. The topological polar surface area (TPSA) is 154 Å². The third-order valence-corrected chi connectivity index (χ3v) is 12.1. The van der Waals surface area contributed by atoms with E-state index in [1.54, 1.807) is 22.2 Å². The van der Waals surface area contributed by atoms with Crippen molar-refractivity contribution in [2.75, 3.05) is 57.6 Å². The van der Waals surface area contributed by atoms with Crippen LogP contribution in [0.2, 0.25) is 0 Å². The third-order valence-electron chi connectivity index (χ3n) is 12.1. The second-order valence-electron chi connectivity index (χ2n) is 15.9. The van der Waals surface area contributed by atoms with E-state index >= 15 is 4.39 Å². The van der Waals surface area contributed by atoms with E-state index in [-0.39, 0.29) is 43.6 Å². The number of H-pyrrole nitrogens is 1. The van der Waals surface area contributed by atoms with Crippen molar-refractivity contribution < 1.29 is 28.5 Å². The number of aliphatic hydroxyl groups excluding tert-OH is 1. The minimum Gasteiger partial charge on any atom is -0.486 e. The number of aromatic amines is 1. The number of amides is 1. The Morgan fingerprint density at radius 2 is 1.93 bits per heavy atom. The van der Waals surface area contributed by atoms with Crippen LogP contribution < -0.4 is 19.7 Å². The van der Waals surface area contributed by atoms with Crippen LogP contribution in [0.5, 0.6) is 11.8 Å². The molecule has 2 atom stereocenters. The van der Waals surface area contributed by atoms with Gasteiger partial charge in [0.2, 0.25) is 5.91 Å². The Kier molecular flexibility index (Phi) is 9.19. The Morgan fingerprint density at radius 1 is 1.05 bits per heavy atom. The molecule has 14 nitrogen and oxygen atoms in total. The molecular formula is C41H46FN9O5. The molecule has 2 aromatic carbocycles. The molecule has 5 aromatic rings. The SMILES string of the molecule is Cc1c(F)cc2[nH]ncc2c1-c1c(C2CC2)cc2c(N3C[C@@H]4C[C@H]3CN4)nc(OC3CCOCC3)nc2c1OCc1ccc(CN2CCN(CO)CC2=O)nc1. The van der Waals surface area contributed by atoms with Gasteiger partial charge in [-0.25, -0.2) is 4.39 Å². The third kappa shape index (κ3) is 6.59. The Hall–Kier alpha value is -4.96. The van der Waals surface area contributed by atoms with Gasteiger partial charge in [-0.3, -0.25) is 19.8 Å². The maximum atomic E-state index is 15.9.